The number of sulfonamides is 1. The Balaban J connectivity index is 2.19. The molecule has 1 unspecified atom stereocenters. The lowest BCUT2D eigenvalue weighted by atomic mass is 10.1. The molecule has 106 valence electrons. The number of aliphatic hydroxyl groups is 1. The summed E-state index contributed by atoms with van der Waals surface area (Å²) in [5, 5.41) is 14.0. The number of benzene rings is 1. The van der Waals surface area contributed by atoms with E-state index < -0.39 is 10.0 Å². The average Bonchev–Trinajstić information content (AvgIpc) is 2.76. The fourth-order valence-corrected chi connectivity index (χ4v) is 3.02. The minimum atomic E-state index is -3.72. The lowest BCUT2D eigenvalue weighted by Gasteiger charge is -2.21. The summed E-state index contributed by atoms with van der Waals surface area (Å²) in [5.74, 6) is 0.460. The quantitative estimate of drug-likeness (QED) is 0.681. The fraction of sp³-hybridized carbons (Fsp3) is 0.500. The Morgan fingerprint density at radius 1 is 1.42 bits per heavy atom. The van der Waals surface area contributed by atoms with E-state index in [1.54, 1.807) is 6.07 Å². The van der Waals surface area contributed by atoms with Gasteiger partial charge >= 0.3 is 0 Å². The maximum atomic E-state index is 11.2. The number of nitrogen functional groups attached to an aromatic ring is 1. The van der Waals surface area contributed by atoms with E-state index in [0.717, 1.165) is 31.6 Å². The molecule has 0 amide bonds. The van der Waals surface area contributed by atoms with Gasteiger partial charge in [-0.25, -0.2) is 13.6 Å². The molecule has 0 bridgehead atoms. The Morgan fingerprint density at radius 3 is 2.74 bits per heavy atom. The molecular formula is C12H19N3O3S. The summed E-state index contributed by atoms with van der Waals surface area (Å²) in [4.78, 5) is 2.14. The highest BCUT2D eigenvalue weighted by Gasteiger charge is 2.24. The molecule has 19 heavy (non-hydrogen) atoms. The maximum Gasteiger partial charge on any atom is 0.238 e. The van der Waals surface area contributed by atoms with Crippen LogP contribution in [0.4, 0.5) is 11.4 Å². The average molecular weight is 285 g/mol. The predicted molar refractivity (Wildman–Crippen MR) is 74.3 cm³/mol. The van der Waals surface area contributed by atoms with Crippen LogP contribution < -0.4 is 15.8 Å². The third kappa shape index (κ3) is 3.17. The number of rotatable bonds is 4. The molecule has 0 radical (unpaired) electrons. The lowest BCUT2D eigenvalue weighted by Crippen LogP contribution is -2.21. The Bertz CT molecular complexity index is 559. The predicted octanol–water partition coefficient (Wildman–Crippen LogP) is 0.125. The number of anilines is 2. The molecule has 7 heteroatoms. The highest BCUT2D eigenvalue weighted by molar-refractivity contribution is 7.89. The molecule has 0 saturated carbocycles. The molecule has 0 spiro atoms. The number of nitrogens with zero attached hydrogens (tertiary/aromatic N) is 1. The summed E-state index contributed by atoms with van der Waals surface area (Å²) in [6.45, 7) is 1.89. The maximum absolute atomic E-state index is 11.2. The molecular weight excluding hydrogens is 266 g/mol. The van der Waals surface area contributed by atoms with Crippen molar-refractivity contribution in [3.63, 3.8) is 0 Å². The van der Waals surface area contributed by atoms with Crippen LogP contribution in [0.1, 0.15) is 12.8 Å². The van der Waals surface area contributed by atoms with Crippen molar-refractivity contribution >= 4 is 21.4 Å². The third-order valence-corrected chi connectivity index (χ3v) is 4.40. The first kappa shape index (κ1) is 14.1. The van der Waals surface area contributed by atoms with Gasteiger partial charge in [0.25, 0.3) is 0 Å². The number of hydrogen-bond donors (Lipinski definition) is 3. The first-order valence-corrected chi connectivity index (χ1v) is 7.74. The van der Waals surface area contributed by atoms with Gasteiger partial charge in [0.05, 0.1) is 16.3 Å². The molecule has 1 atom stereocenters. The van der Waals surface area contributed by atoms with Gasteiger partial charge in [-0.15, -0.1) is 0 Å². The van der Waals surface area contributed by atoms with Gasteiger partial charge in [-0.05, 0) is 37.0 Å². The highest BCUT2D eigenvalue weighted by Crippen LogP contribution is 2.31. The van der Waals surface area contributed by atoms with Crippen LogP contribution in [0.2, 0.25) is 0 Å². The molecule has 1 fully saturated rings. The molecule has 2 rings (SSSR count). The highest BCUT2D eigenvalue weighted by atomic mass is 32.2. The molecule has 1 aromatic carbocycles. The van der Waals surface area contributed by atoms with Crippen molar-refractivity contribution in [3.05, 3.63) is 18.2 Å². The fourth-order valence-electron chi connectivity index (χ4n) is 2.47. The first-order chi connectivity index (χ1) is 8.91. The van der Waals surface area contributed by atoms with Crippen molar-refractivity contribution < 1.29 is 13.5 Å². The van der Waals surface area contributed by atoms with Crippen LogP contribution in [0, 0.1) is 5.92 Å². The minimum Gasteiger partial charge on any atom is -0.397 e. The van der Waals surface area contributed by atoms with Gasteiger partial charge in [0.1, 0.15) is 0 Å². The van der Waals surface area contributed by atoms with Crippen LogP contribution in [0.3, 0.4) is 0 Å². The molecule has 1 aliphatic rings. The summed E-state index contributed by atoms with van der Waals surface area (Å²) in [5.41, 5.74) is 7.15. The molecule has 1 saturated heterocycles. The van der Waals surface area contributed by atoms with Gasteiger partial charge < -0.3 is 15.7 Å². The molecule has 1 heterocycles. The number of primary sulfonamides is 1. The van der Waals surface area contributed by atoms with E-state index in [9.17, 15) is 8.42 Å². The molecule has 1 aromatic rings. The van der Waals surface area contributed by atoms with E-state index in [1.165, 1.54) is 12.1 Å². The first-order valence-electron chi connectivity index (χ1n) is 6.20. The van der Waals surface area contributed by atoms with Crippen LogP contribution in [0.15, 0.2) is 23.1 Å². The van der Waals surface area contributed by atoms with Crippen molar-refractivity contribution in [1.82, 2.24) is 0 Å². The SMILES string of the molecule is Nc1cc(S(N)(=O)=O)ccc1N1CCC(CCO)C1. The largest absolute Gasteiger partial charge is 0.397 e. The Labute approximate surface area is 113 Å². The summed E-state index contributed by atoms with van der Waals surface area (Å²) >= 11 is 0. The Hall–Kier alpha value is -1.31. The van der Waals surface area contributed by atoms with E-state index in [-0.39, 0.29) is 11.5 Å². The second-order valence-electron chi connectivity index (χ2n) is 4.88. The third-order valence-electron chi connectivity index (χ3n) is 3.49. The lowest BCUT2D eigenvalue weighted by molar-refractivity contribution is 0.263. The monoisotopic (exact) mass is 285 g/mol. The number of nitrogens with two attached hydrogens (primary N) is 2. The zero-order chi connectivity index (χ0) is 14.0. The van der Waals surface area contributed by atoms with Crippen molar-refractivity contribution in [2.24, 2.45) is 11.1 Å². The van der Waals surface area contributed by atoms with Crippen LogP contribution >= 0.6 is 0 Å². The standard InChI is InChI=1S/C12H19N3O3S/c13-11-7-10(19(14,17)18)1-2-12(11)15-5-3-9(8-15)4-6-16/h1-2,7,9,16H,3-6,8,13H2,(H2,14,17,18). The van der Waals surface area contributed by atoms with Gasteiger partial charge in [-0.1, -0.05) is 0 Å². The van der Waals surface area contributed by atoms with Crippen molar-refractivity contribution in [1.29, 1.82) is 0 Å². The van der Waals surface area contributed by atoms with E-state index >= 15 is 0 Å². The molecule has 5 N–H and O–H groups in total. The van der Waals surface area contributed by atoms with Gasteiger partial charge in [-0.2, -0.15) is 0 Å². The molecule has 6 nitrogen and oxygen atoms in total. The molecule has 1 aliphatic heterocycles. The summed E-state index contributed by atoms with van der Waals surface area (Å²) in [6, 6.07) is 4.56. The van der Waals surface area contributed by atoms with E-state index in [4.69, 9.17) is 16.0 Å². The van der Waals surface area contributed by atoms with E-state index in [2.05, 4.69) is 4.90 Å². The zero-order valence-electron chi connectivity index (χ0n) is 10.6. The van der Waals surface area contributed by atoms with Crippen LogP contribution in [0.5, 0.6) is 0 Å². The Morgan fingerprint density at radius 2 is 2.16 bits per heavy atom. The van der Waals surface area contributed by atoms with E-state index in [1.807, 2.05) is 0 Å². The smallest absolute Gasteiger partial charge is 0.238 e. The van der Waals surface area contributed by atoms with Gasteiger partial charge in [0.2, 0.25) is 10.0 Å². The second-order valence-corrected chi connectivity index (χ2v) is 6.44. The minimum absolute atomic E-state index is 0.0276. The normalized spacial score (nSPS) is 19.9. The van der Waals surface area contributed by atoms with Crippen molar-refractivity contribution in [3.8, 4) is 0 Å². The van der Waals surface area contributed by atoms with Crippen LogP contribution in [-0.4, -0.2) is 33.2 Å². The second kappa shape index (κ2) is 5.36. The van der Waals surface area contributed by atoms with E-state index in [0.29, 0.717) is 11.6 Å². The van der Waals surface area contributed by atoms with Crippen LogP contribution in [0.25, 0.3) is 0 Å². The summed E-state index contributed by atoms with van der Waals surface area (Å²) < 4.78 is 22.5. The number of aliphatic hydroxyl groups excluding tert-OH is 1. The van der Waals surface area contributed by atoms with Crippen LogP contribution in [-0.2, 0) is 10.0 Å². The van der Waals surface area contributed by atoms with Gasteiger partial charge in [0.15, 0.2) is 0 Å². The molecule has 0 aliphatic carbocycles. The zero-order valence-corrected chi connectivity index (χ0v) is 11.4. The Kier molecular flexibility index (Phi) is 3.98. The van der Waals surface area contributed by atoms with Crippen molar-refractivity contribution in [2.75, 3.05) is 30.3 Å². The topological polar surface area (TPSA) is 110 Å². The summed E-state index contributed by atoms with van der Waals surface area (Å²) in [7, 11) is -3.72. The molecule has 0 aromatic heterocycles. The van der Waals surface area contributed by atoms with Crippen molar-refractivity contribution in [2.45, 2.75) is 17.7 Å². The van der Waals surface area contributed by atoms with Gasteiger partial charge in [0, 0.05) is 19.7 Å². The number of hydrogen-bond acceptors (Lipinski definition) is 5. The van der Waals surface area contributed by atoms with Gasteiger partial charge in [-0.3, -0.25) is 0 Å². The summed E-state index contributed by atoms with van der Waals surface area (Å²) in [6.07, 6.45) is 1.79.